The Kier molecular flexibility index (Phi) is 3.96. The zero-order chi connectivity index (χ0) is 16.6. The summed E-state index contributed by atoms with van der Waals surface area (Å²) < 4.78 is 13.7. The molecular formula is C16H17FN4O2. The van der Waals surface area contributed by atoms with Crippen LogP contribution in [0.25, 0.3) is 0 Å². The summed E-state index contributed by atoms with van der Waals surface area (Å²) in [5.74, 6) is -0.141. The zero-order valence-corrected chi connectivity index (χ0v) is 12.9. The molecule has 6 nitrogen and oxygen atoms in total. The molecule has 0 fully saturated rings. The second kappa shape index (κ2) is 5.92. The van der Waals surface area contributed by atoms with E-state index in [2.05, 4.69) is 15.3 Å². The molecule has 0 bridgehead atoms. The number of hydrogen-bond donors (Lipinski definition) is 2. The summed E-state index contributed by atoms with van der Waals surface area (Å²) in [6.45, 7) is 4.07. The van der Waals surface area contributed by atoms with Crippen LogP contribution >= 0.6 is 0 Å². The maximum Gasteiger partial charge on any atom is 0.259 e. The van der Waals surface area contributed by atoms with Crippen molar-refractivity contribution in [3.63, 3.8) is 0 Å². The summed E-state index contributed by atoms with van der Waals surface area (Å²) in [5.41, 5.74) is 2.23. The fourth-order valence-electron chi connectivity index (χ4n) is 2.70. The number of carbonyl (C=O) groups excluding carboxylic acids is 1. The molecule has 3 rings (SSSR count). The van der Waals surface area contributed by atoms with E-state index in [1.165, 1.54) is 6.07 Å². The van der Waals surface area contributed by atoms with Gasteiger partial charge in [-0.15, -0.1) is 0 Å². The number of aliphatic hydroxyl groups is 1. The highest BCUT2D eigenvalue weighted by Crippen LogP contribution is 2.37. The van der Waals surface area contributed by atoms with Crippen LogP contribution in [-0.2, 0) is 6.42 Å². The highest BCUT2D eigenvalue weighted by Gasteiger charge is 2.28. The standard InChI is InChI=1S/C16H17FN4O2/c1-3-21-14-11(7-10(4-5-22)8-18-14)16(23)20-13-9(2)6-12(17)19-15(13)21/h6-8,22H,3-5H2,1-2H3,(H,20,23). The smallest absolute Gasteiger partial charge is 0.259 e. The van der Waals surface area contributed by atoms with Crippen molar-refractivity contribution >= 4 is 23.2 Å². The number of halogens is 1. The number of nitrogens with one attached hydrogen (secondary N) is 1. The average molecular weight is 316 g/mol. The quantitative estimate of drug-likeness (QED) is 0.849. The summed E-state index contributed by atoms with van der Waals surface area (Å²) in [4.78, 5) is 22.6. The van der Waals surface area contributed by atoms with Crippen LogP contribution in [-0.4, -0.2) is 34.1 Å². The molecule has 0 spiro atoms. The van der Waals surface area contributed by atoms with Gasteiger partial charge < -0.3 is 15.3 Å². The van der Waals surface area contributed by atoms with Crippen LogP contribution in [0.3, 0.4) is 0 Å². The lowest BCUT2D eigenvalue weighted by atomic mass is 10.1. The third-order valence-corrected chi connectivity index (χ3v) is 3.80. The number of fused-ring (bicyclic) bond motifs is 2. The van der Waals surface area contributed by atoms with Crippen LogP contribution in [0.2, 0.25) is 0 Å². The van der Waals surface area contributed by atoms with Gasteiger partial charge in [-0.05, 0) is 43.5 Å². The minimum atomic E-state index is -0.603. The van der Waals surface area contributed by atoms with Gasteiger partial charge in [0.05, 0.1) is 11.3 Å². The first-order valence-corrected chi connectivity index (χ1v) is 7.41. The number of aryl methyl sites for hydroxylation is 1. The third kappa shape index (κ3) is 2.63. The summed E-state index contributed by atoms with van der Waals surface area (Å²) in [6, 6.07) is 2.99. The minimum absolute atomic E-state index is 0.0221. The number of rotatable bonds is 3. The zero-order valence-electron chi connectivity index (χ0n) is 12.9. The lowest BCUT2D eigenvalue weighted by Crippen LogP contribution is -2.20. The van der Waals surface area contributed by atoms with Crippen LogP contribution in [0.1, 0.15) is 28.4 Å². The number of hydrogen-bond acceptors (Lipinski definition) is 5. The summed E-state index contributed by atoms with van der Waals surface area (Å²) in [5, 5.41) is 11.9. The molecule has 23 heavy (non-hydrogen) atoms. The highest BCUT2D eigenvalue weighted by atomic mass is 19.1. The van der Waals surface area contributed by atoms with Gasteiger partial charge in [-0.2, -0.15) is 9.37 Å². The molecular weight excluding hydrogens is 299 g/mol. The largest absolute Gasteiger partial charge is 0.396 e. The summed E-state index contributed by atoms with van der Waals surface area (Å²) in [7, 11) is 0. The maximum absolute atomic E-state index is 13.7. The van der Waals surface area contributed by atoms with E-state index in [4.69, 9.17) is 5.11 Å². The average Bonchev–Trinajstić information content (AvgIpc) is 2.63. The number of amides is 1. The fourth-order valence-corrected chi connectivity index (χ4v) is 2.70. The number of carbonyl (C=O) groups is 1. The van der Waals surface area contributed by atoms with E-state index in [-0.39, 0.29) is 12.5 Å². The molecule has 0 radical (unpaired) electrons. The number of nitrogens with zero attached hydrogens (tertiary/aromatic N) is 3. The van der Waals surface area contributed by atoms with Crippen molar-refractivity contribution in [2.24, 2.45) is 0 Å². The second-order valence-corrected chi connectivity index (χ2v) is 5.35. The van der Waals surface area contributed by atoms with E-state index in [9.17, 15) is 9.18 Å². The van der Waals surface area contributed by atoms with Gasteiger partial charge in [0.1, 0.15) is 5.82 Å². The van der Waals surface area contributed by atoms with Crippen molar-refractivity contribution in [1.82, 2.24) is 9.97 Å². The van der Waals surface area contributed by atoms with Crippen molar-refractivity contribution in [3.8, 4) is 0 Å². The topological polar surface area (TPSA) is 78.3 Å². The Morgan fingerprint density at radius 3 is 2.83 bits per heavy atom. The lowest BCUT2D eigenvalue weighted by molar-refractivity contribution is 0.102. The molecule has 0 unspecified atom stereocenters. The van der Waals surface area contributed by atoms with Gasteiger partial charge in [-0.25, -0.2) is 4.98 Å². The van der Waals surface area contributed by atoms with Crippen molar-refractivity contribution in [2.75, 3.05) is 23.4 Å². The van der Waals surface area contributed by atoms with Gasteiger partial charge in [0.2, 0.25) is 5.95 Å². The van der Waals surface area contributed by atoms with Crippen LogP contribution < -0.4 is 10.2 Å². The number of anilines is 3. The fraction of sp³-hybridized carbons (Fsp3) is 0.312. The molecule has 1 aliphatic heterocycles. The summed E-state index contributed by atoms with van der Waals surface area (Å²) >= 11 is 0. The van der Waals surface area contributed by atoms with Gasteiger partial charge in [0, 0.05) is 19.3 Å². The van der Waals surface area contributed by atoms with E-state index >= 15 is 0 Å². The lowest BCUT2D eigenvalue weighted by Gasteiger charge is -2.22. The molecule has 7 heteroatoms. The maximum atomic E-state index is 13.7. The van der Waals surface area contributed by atoms with Crippen molar-refractivity contribution in [1.29, 1.82) is 0 Å². The monoisotopic (exact) mass is 316 g/mol. The van der Waals surface area contributed by atoms with Crippen LogP contribution in [0.15, 0.2) is 18.3 Å². The Balaban J connectivity index is 2.21. The van der Waals surface area contributed by atoms with Gasteiger partial charge in [-0.1, -0.05) is 0 Å². The van der Waals surface area contributed by atoms with Gasteiger partial charge in [0.25, 0.3) is 5.91 Å². The van der Waals surface area contributed by atoms with Crippen molar-refractivity contribution < 1.29 is 14.3 Å². The minimum Gasteiger partial charge on any atom is -0.396 e. The third-order valence-electron chi connectivity index (χ3n) is 3.80. The SMILES string of the molecule is CCN1c2ncc(CCO)cc2C(=O)Nc2c(C)cc(F)nc21. The predicted octanol–water partition coefficient (Wildman–Crippen LogP) is 2.18. The predicted molar refractivity (Wildman–Crippen MR) is 84.6 cm³/mol. The Morgan fingerprint density at radius 2 is 2.13 bits per heavy atom. The normalized spacial score (nSPS) is 13.2. The van der Waals surface area contributed by atoms with Gasteiger partial charge in [-0.3, -0.25) is 4.79 Å². The van der Waals surface area contributed by atoms with Crippen LogP contribution in [0.4, 0.5) is 21.7 Å². The van der Waals surface area contributed by atoms with Crippen LogP contribution in [0, 0.1) is 12.9 Å². The molecule has 0 atom stereocenters. The molecule has 0 saturated heterocycles. The number of aliphatic hydroxyl groups excluding tert-OH is 1. The molecule has 0 saturated carbocycles. The molecule has 1 amide bonds. The van der Waals surface area contributed by atoms with E-state index in [0.29, 0.717) is 41.4 Å². The first-order chi connectivity index (χ1) is 11.0. The molecule has 0 aliphatic carbocycles. The molecule has 0 aromatic carbocycles. The molecule has 2 aromatic heterocycles. The Labute approximate surface area is 133 Å². The van der Waals surface area contributed by atoms with Crippen molar-refractivity contribution in [2.45, 2.75) is 20.3 Å². The highest BCUT2D eigenvalue weighted by molar-refractivity contribution is 6.11. The van der Waals surface area contributed by atoms with E-state index < -0.39 is 5.95 Å². The van der Waals surface area contributed by atoms with Crippen LogP contribution in [0.5, 0.6) is 0 Å². The van der Waals surface area contributed by atoms with E-state index in [1.807, 2.05) is 6.92 Å². The number of aromatic nitrogens is 2. The van der Waals surface area contributed by atoms with E-state index in [0.717, 1.165) is 5.56 Å². The molecule has 1 aliphatic rings. The van der Waals surface area contributed by atoms with Crippen molar-refractivity contribution in [3.05, 3.63) is 41.0 Å². The first-order valence-electron chi connectivity index (χ1n) is 7.41. The summed E-state index contributed by atoms with van der Waals surface area (Å²) in [6.07, 6.45) is 2.03. The Morgan fingerprint density at radius 1 is 1.35 bits per heavy atom. The Hall–Kier alpha value is -2.54. The molecule has 3 heterocycles. The second-order valence-electron chi connectivity index (χ2n) is 5.35. The molecule has 120 valence electrons. The van der Waals surface area contributed by atoms with Gasteiger partial charge in [0.15, 0.2) is 5.82 Å². The Bertz CT molecular complexity index is 779. The molecule has 2 N–H and O–H groups in total. The van der Waals surface area contributed by atoms with E-state index in [1.54, 1.807) is 24.1 Å². The molecule has 2 aromatic rings. The van der Waals surface area contributed by atoms with Gasteiger partial charge >= 0.3 is 0 Å². The first kappa shape index (κ1) is 15.4. The number of pyridine rings is 2.